The summed E-state index contributed by atoms with van der Waals surface area (Å²) in [6.45, 7) is 4.62. The van der Waals surface area contributed by atoms with Crippen molar-refractivity contribution in [2.24, 2.45) is 0 Å². The lowest BCUT2D eigenvalue weighted by Gasteiger charge is -2.35. The highest BCUT2D eigenvalue weighted by molar-refractivity contribution is 5.97. The second-order valence-corrected chi connectivity index (χ2v) is 7.10. The molecule has 154 valence electrons. The SMILES string of the molecule is COc1ccccc1C(=O)N1CCN(c2ccc(Nc3ccc(C)cn3)nn2)CC1. The molecule has 1 saturated heterocycles. The molecule has 1 aliphatic rings. The van der Waals surface area contributed by atoms with Crippen molar-refractivity contribution in [3.63, 3.8) is 0 Å². The van der Waals surface area contributed by atoms with Gasteiger partial charge in [-0.05, 0) is 42.8 Å². The molecular formula is C22H24N6O2. The minimum Gasteiger partial charge on any atom is -0.496 e. The molecular weight excluding hydrogens is 380 g/mol. The topological polar surface area (TPSA) is 83.5 Å². The molecule has 3 aromatic rings. The van der Waals surface area contributed by atoms with E-state index in [0.717, 1.165) is 17.2 Å². The molecule has 1 amide bonds. The van der Waals surface area contributed by atoms with Crippen LogP contribution in [0.2, 0.25) is 0 Å². The smallest absolute Gasteiger partial charge is 0.257 e. The fourth-order valence-electron chi connectivity index (χ4n) is 3.36. The first-order chi connectivity index (χ1) is 14.6. The first-order valence-corrected chi connectivity index (χ1v) is 9.85. The molecule has 1 aromatic carbocycles. The Kier molecular flexibility index (Phi) is 5.74. The maximum atomic E-state index is 12.8. The highest BCUT2D eigenvalue weighted by Gasteiger charge is 2.24. The van der Waals surface area contributed by atoms with Gasteiger partial charge in [-0.15, -0.1) is 10.2 Å². The number of aromatic nitrogens is 3. The number of hydrogen-bond acceptors (Lipinski definition) is 7. The molecule has 8 nitrogen and oxygen atoms in total. The van der Waals surface area contributed by atoms with Gasteiger partial charge in [-0.1, -0.05) is 18.2 Å². The molecule has 30 heavy (non-hydrogen) atoms. The number of nitrogens with zero attached hydrogens (tertiary/aromatic N) is 5. The lowest BCUT2D eigenvalue weighted by Crippen LogP contribution is -2.49. The molecule has 2 aromatic heterocycles. The zero-order chi connectivity index (χ0) is 20.9. The minimum absolute atomic E-state index is 0.0108. The number of piperazine rings is 1. The Bertz CT molecular complexity index is 999. The molecule has 0 saturated carbocycles. The van der Waals surface area contributed by atoms with Crippen LogP contribution in [0.25, 0.3) is 0 Å². The van der Waals surface area contributed by atoms with Crippen LogP contribution < -0.4 is 15.0 Å². The van der Waals surface area contributed by atoms with Crippen molar-refractivity contribution in [3.8, 4) is 5.75 Å². The standard InChI is InChI=1S/C22H24N6O2/c1-16-7-8-19(23-15-16)24-20-9-10-21(26-25-20)27-11-13-28(14-12-27)22(29)17-5-3-4-6-18(17)30-2/h3-10,15H,11-14H2,1-2H3,(H,23,24,25). The first kappa shape index (κ1) is 19.6. The third kappa shape index (κ3) is 4.32. The van der Waals surface area contributed by atoms with Crippen molar-refractivity contribution in [2.45, 2.75) is 6.92 Å². The minimum atomic E-state index is -0.0108. The van der Waals surface area contributed by atoms with Crippen molar-refractivity contribution in [1.29, 1.82) is 0 Å². The van der Waals surface area contributed by atoms with Crippen LogP contribution in [0.3, 0.4) is 0 Å². The Morgan fingerprint density at radius 3 is 2.40 bits per heavy atom. The maximum absolute atomic E-state index is 12.8. The highest BCUT2D eigenvalue weighted by Crippen LogP contribution is 2.21. The summed E-state index contributed by atoms with van der Waals surface area (Å²) in [7, 11) is 1.58. The van der Waals surface area contributed by atoms with Crippen LogP contribution >= 0.6 is 0 Å². The van der Waals surface area contributed by atoms with Crippen LogP contribution in [-0.4, -0.2) is 59.3 Å². The van der Waals surface area contributed by atoms with E-state index in [9.17, 15) is 4.79 Å². The van der Waals surface area contributed by atoms with Crippen molar-refractivity contribution in [3.05, 3.63) is 65.9 Å². The van der Waals surface area contributed by atoms with E-state index in [2.05, 4.69) is 25.4 Å². The Morgan fingerprint density at radius 1 is 0.967 bits per heavy atom. The lowest BCUT2D eigenvalue weighted by atomic mass is 10.1. The van der Waals surface area contributed by atoms with Gasteiger partial charge in [0.25, 0.3) is 5.91 Å². The van der Waals surface area contributed by atoms with Crippen LogP contribution in [0.15, 0.2) is 54.7 Å². The summed E-state index contributed by atoms with van der Waals surface area (Å²) in [5.41, 5.74) is 1.69. The van der Waals surface area contributed by atoms with E-state index < -0.39 is 0 Å². The number of anilines is 3. The van der Waals surface area contributed by atoms with Gasteiger partial charge in [0.05, 0.1) is 12.7 Å². The number of amides is 1. The summed E-state index contributed by atoms with van der Waals surface area (Å²) >= 11 is 0. The first-order valence-electron chi connectivity index (χ1n) is 9.85. The molecule has 4 rings (SSSR count). The number of methoxy groups -OCH3 is 1. The summed E-state index contributed by atoms with van der Waals surface area (Å²) in [5, 5.41) is 11.7. The van der Waals surface area contributed by atoms with Gasteiger partial charge in [0, 0.05) is 32.4 Å². The summed E-state index contributed by atoms with van der Waals surface area (Å²) in [5.74, 6) is 2.75. The van der Waals surface area contributed by atoms with Crippen LogP contribution in [0.5, 0.6) is 5.75 Å². The van der Waals surface area contributed by atoms with Crippen LogP contribution in [0.4, 0.5) is 17.5 Å². The molecule has 1 aliphatic heterocycles. The zero-order valence-corrected chi connectivity index (χ0v) is 17.1. The zero-order valence-electron chi connectivity index (χ0n) is 17.1. The van der Waals surface area contributed by atoms with Crippen molar-refractivity contribution in [2.75, 3.05) is 43.5 Å². The van der Waals surface area contributed by atoms with Gasteiger partial charge in [0.2, 0.25) is 0 Å². The molecule has 0 bridgehead atoms. The van der Waals surface area contributed by atoms with Crippen LogP contribution in [0.1, 0.15) is 15.9 Å². The Hall–Kier alpha value is -3.68. The van der Waals surface area contributed by atoms with Crippen molar-refractivity contribution >= 4 is 23.4 Å². The van der Waals surface area contributed by atoms with Gasteiger partial charge >= 0.3 is 0 Å². The van der Waals surface area contributed by atoms with Crippen LogP contribution in [0, 0.1) is 6.92 Å². The number of para-hydroxylation sites is 1. The van der Waals surface area contributed by atoms with E-state index >= 15 is 0 Å². The summed E-state index contributed by atoms with van der Waals surface area (Å²) in [4.78, 5) is 21.1. The third-order valence-electron chi connectivity index (χ3n) is 5.05. The average Bonchev–Trinajstić information content (AvgIpc) is 2.81. The number of carbonyl (C=O) groups excluding carboxylic acids is 1. The summed E-state index contributed by atoms with van der Waals surface area (Å²) in [6, 6.07) is 15.0. The number of ether oxygens (including phenoxy) is 1. The number of pyridine rings is 1. The average molecular weight is 404 g/mol. The molecule has 0 spiro atoms. The Morgan fingerprint density at radius 2 is 1.73 bits per heavy atom. The molecule has 3 heterocycles. The third-order valence-corrected chi connectivity index (χ3v) is 5.05. The van der Waals surface area contributed by atoms with Gasteiger partial charge in [-0.3, -0.25) is 4.79 Å². The summed E-state index contributed by atoms with van der Waals surface area (Å²) < 4.78 is 5.32. The molecule has 0 unspecified atom stereocenters. The number of carbonyl (C=O) groups is 1. The van der Waals surface area contributed by atoms with Gasteiger partial charge < -0.3 is 19.9 Å². The molecule has 1 fully saturated rings. The van der Waals surface area contributed by atoms with Gasteiger partial charge in [0.1, 0.15) is 11.6 Å². The predicted octanol–water partition coefficient (Wildman–Crippen LogP) is 2.89. The van der Waals surface area contributed by atoms with Crippen molar-refractivity contribution < 1.29 is 9.53 Å². The Labute approximate surface area is 175 Å². The number of aryl methyl sites for hydroxylation is 1. The molecule has 0 aliphatic carbocycles. The fraction of sp³-hybridized carbons (Fsp3) is 0.273. The molecule has 0 atom stereocenters. The normalized spacial score (nSPS) is 13.8. The maximum Gasteiger partial charge on any atom is 0.257 e. The van der Waals surface area contributed by atoms with Crippen molar-refractivity contribution in [1.82, 2.24) is 20.1 Å². The molecule has 0 radical (unpaired) electrons. The van der Waals surface area contributed by atoms with Gasteiger partial charge in [-0.25, -0.2) is 4.98 Å². The highest BCUT2D eigenvalue weighted by atomic mass is 16.5. The van der Waals surface area contributed by atoms with E-state index in [1.807, 2.05) is 48.2 Å². The number of rotatable bonds is 5. The second-order valence-electron chi connectivity index (χ2n) is 7.10. The van der Waals surface area contributed by atoms with E-state index in [1.54, 1.807) is 25.4 Å². The van der Waals surface area contributed by atoms with Gasteiger partial charge in [-0.2, -0.15) is 0 Å². The fourth-order valence-corrected chi connectivity index (χ4v) is 3.36. The summed E-state index contributed by atoms with van der Waals surface area (Å²) in [6.07, 6.45) is 1.80. The number of benzene rings is 1. The van der Waals surface area contributed by atoms with E-state index in [1.165, 1.54) is 0 Å². The lowest BCUT2D eigenvalue weighted by molar-refractivity contribution is 0.0743. The molecule has 1 N–H and O–H groups in total. The number of nitrogens with one attached hydrogen (secondary N) is 1. The largest absolute Gasteiger partial charge is 0.496 e. The quantitative estimate of drug-likeness (QED) is 0.700. The van der Waals surface area contributed by atoms with E-state index in [0.29, 0.717) is 43.3 Å². The predicted molar refractivity (Wildman–Crippen MR) is 115 cm³/mol. The molecule has 8 heteroatoms. The van der Waals surface area contributed by atoms with E-state index in [-0.39, 0.29) is 5.91 Å². The van der Waals surface area contributed by atoms with Crippen LogP contribution in [-0.2, 0) is 0 Å². The Balaban J connectivity index is 1.36. The second kappa shape index (κ2) is 8.77. The monoisotopic (exact) mass is 404 g/mol. The van der Waals surface area contributed by atoms with E-state index in [4.69, 9.17) is 4.74 Å². The van der Waals surface area contributed by atoms with Gasteiger partial charge in [0.15, 0.2) is 11.6 Å². The number of hydrogen-bond donors (Lipinski definition) is 1.